The summed E-state index contributed by atoms with van der Waals surface area (Å²) < 4.78 is 4.79. The maximum absolute atomic E-state index is 11.2. The molecule has 0 fully saturated rings. The fraction of sp³-hybridized carbons (Fsp3) is 0.643. The van der Waals surface area contributed by atoms with Gasteiger partial charge < -0.3 is 15.2 Å². The molecule has 0 radical (unpaired) electrons. The third-order valence-corrected chi connectivity index (χ3v) is 3.74. The third-order valence-electron chi connectivity index (χ3n) is 2.71. The van der Waals surface area contributed by atoms with Gasteiger partial charge in [0, 0.05) is 22.3 Å². The third kappa shape index (κ3) is 6.71. The van der Waals surface area contributed by atoms with E-state index in [1.165, 1.54) is 9.75 Å². The Labute approximate surface area is 118 Å². The van der Waals surface area contributed by atoms with Crippen LogP contribution in [0.3, 0.4) is 0 Å². The first-order chi connectivity index (χ1) is 9.01. The molecule has 2 unspecified atom stereocenters. The van der Waals surface area contributed by atoms with Crippen LogP contribution in [0.15, 0.2) is 12.1 Å². The fourth-order valence-corrected chi connectivity index (χ4v) is 2.81. The second-order valence-electron chi connectivity index (χ2n) is 4.69. The molecule has 0 aliphatic rings. The summed E-state index contributed by atoms with van der Waals surface area (Å²) in [5, 5.41) is 12.9. The number of thiophene rings is 1. The van der Waals surface area contributed by atoms with E-state index in [1.54, 1.807) is 18.3 Å². The van der Waals surface area contributed by atoms with E-state index in [1.807, 2.05) is 0 Å². The summed E-state index contributed by atoms with van der Waals surface area (Å²) in [4.78, 5) is 13.8. The standard InChI is InChI=1S/C14H23NO3S/c1-4-18-14(17)8-12(16)9-15-10(2)7-13-6-5-11(3)19-13/h5-6,10,12,15-16H,4,7-9H2,1-3H3. The Hall–Kier alpha value is -0.910. The molecular formula is C14H23NO3S. The van der Waals surface area contributed by atoms with E-state index in [2.05, 4.69) is 31.3 Å². The highest BCUT2D eigenvalue weighted by atomic mass is 32.1. The van der Waals surface area contributed by atoms with Crippen LogP contribution >= 0.6 is 11.3 Å². The number of carbonyl (C=O) groups is 1. The van der Waals surface area contributed by atoms with Crippen molar-refractivity contribution < 1.29 is 14.6 Å². The van der Waals surface area contributed by atoms with Gasteiger partial charge in [-0.25, -0.2) is 0 Å². The van der Waals surface area contributed by atoms with E-state index < -0.39 is 6.10 Å². The van der Waals surface area contributed by atoms with Gasteiger partial charge in [0.2, 0.25) is 0 Å². The highest BCUT2D eigenvalue weighted by Crippen LogP contribution is 2.16. The smallest absolute Gasteiger partial charge is 0.308 e. The molecule has 0 aliphatic heterocycles. The minimum absolute atomic E-state index is 0.0473. The van der Waals surface area contributed by atoms with Gasteiger partial charge >= 0.3 is 5.97 Å². The van der Waals surface area contributed by atoms with Crippen molar-refractivity contribution in [1.29, 1.82) is 0 Å². The van der Waals surface area contributed by atoms with Gasteiger partial charge in [-0.15, -0.1) is 11.3 Å². The number of aliphatic hydroxyl groups excluding tert-OH is 1. The van der Waals surface area contributed by atoms with Gasteiger partial charge in [0.05, 0.1) is 19.1 Å². The first kappa shape index (κ1) is 16.1. The average molecular weight is 285 g/mol. The van der Waals surface area contributed by atoms with E-state index in [0.29, 0.717) is 13.2 Å². The van der Waals surface area contributed by atoms with Crippen molar-refractivity contribution in [2.75, 3.05) is 13.2 Å². The number of nitrogens with one attached hydrogen (secondary N) is 1. The van der Waals surface area contributed by atoms with Gasteiger partial charge in [-0.2, -0.15) is 0 Å². The number of hydrogen-bond acceptors (Lipinski definition) is 5. The van der Waals surface area contributed by atoms with Gasteiger partial charge in [-0.3, -0.25) is 4.79 Å². The molecule has 0 saturated heterocycles. The van der Waals surface area contributed by atoms with Crippen LogP contribution in [0.4, 0.5) is 0 Å². The molecule has 1 aromatic heterocycles. The molecule has 5 heteroatoms. The molecule has 1 aromatic rings. The lowest BCUT2D eigenvalue weighted by Gasteiger charge is -2.16. The van der Waals surface area contributed by atoms with Crippen LogP contribution in [-0.4, -0.2) is 36.4 Å². The van der Waals surface area contributed by atoms with Crippen LogP contribution in [0, 0.1) is 6.92 Å². The van der Waals surface area contributed by atoms with Crippen LogP contribution in [0.5, 0.6) is 0 Å². The molecule has 4 nitrogen and oxygen atoms in total. The molecule has 108 valence electrons. The molecular weight excluding hydrogens is 262 g/mol. The van der Waals surface area contributed by atoms with E-state index in [4.69, 9.17) is 4.74 Å². The molecule has 2 N–H and O–H groups in total. The summed E-state index contributed by atoms with van der Waals surface area (Å²) in [6.45, 7) is 6.69. The van der Waals surface area contributed by atoms with Crippen LogP contribution < -0.4 is 5.32 Å². The number of rotatable bonds is 8. The Morgan fingerprint density at radius 3 is 2.84 bits per heavy atom. The zero-order valence-electron chi connectivity index (χ0n) is 11.8. The number of ether oxygens (including phenoxy) is 1. The van der Waals surface area contributed by atoms with E-state index in [9.17, 15) is 9.90 Å². The lowest BCUT2D eigenvalue weighted by molar-refractivity contribution is -0.145. The molecule has 0 spiro atoms. The van der Waals surface area contributed by atoms with Crippen LogP contribution in [0.2, 0.25) is 0 Å². The Bertz CT molecular complexity index is 392. The minimum atomic E-state index is -0.688. The maximum atomic E-state index is 11.2. The van der Waals surface area contributed by atoms with Crippen molar-refractivity contribution in [2.24, 2.45) is 0 Å². The van der Waals surface area contributed by atoms with Crippen molar-refractivity contribution in [3.63, 3.8) is 0 Å². The monoisotopic (exact) mass is 285 g/mol. The van der Waals surface area contributed by atoms with Gasteiger partial charge in [0.25, 0.3) is 0 Å². The van der Waals surface area contributed by atoms with Crippen molar-refractivity contribution in [2.45, 2.75) is 45.8 Å². The Balaban J connectivity index is 2.22. The Kier molecular flexibility index (Phi) is 7.05. The highest BCUT2D eigenvalue weighted by Gasteiger charge is 2.13. The van der Waals surface area contributed by atoms with Gasteiger partial charge in [0.15, 0.2) is 0 Å². The van der Waals surface area contributed by atoms with Gasteiger partial charge in [-0.05, 0) is 39.3 Å². The zero-order valence-corrected chi connectivity index (χ0v) is 12.6. The predicted molar refractivity (Wildman–Crippen MR) is 77.5 cm³/mol. The van der Waals surface area contributed by atoms with Crippen molar-refractivity contribution >= 4 is 17.3 Å². The molecule has 0 amide bonds. The van der Waals surface area contributed by atoms with Crippen LogP contribution in [0.25, 0.3) is 0 Å². The summed E-state index contributed by atoms with van der Waals surface area (Å²) in [6.07, 6.45) is 0.294. The first-order valence-corrected chi connectivity index (χ1v) is 7.45. The second-order valence-corrected chi connectivity index (χ2v) is 6.06. The molecule has 0 saturated carbocycles. The van der Waals surface area contributed by atoms with Crippen LogP contribution in [-0.2, 0) is 16.0 Å². The van der Waals surface area contributed by atoms with Gasteiger partial charge in [-0.1, -0.05) is 0 Å². The highest BCUT2D eigenvalue weighted by molar-refractivity contribution is 7.11. The average Bonchev–Trinajstić information content (AvgIpc) is 2.72. The zero-order chi connectivity index (χ0) is 14.3. The molecule has 2 atom stereocenters. The normalized spacial score (nSPS) is 14.1. The lowest BCUT2D eigenvalue weighted by atomic mass is 10.2. The van der Waals surface area contributed by atoms with E-state index in [-0.39, 0.29) is 18.4 Å². The minimum Gasteiger partial charge on any atom is -0.466 e. The van der Waals surface area contributed by atoms with E-state index >= 15 is 0 Å². The maximum Gasteiger partial charge on any atom is 0.308 e. The largest absolute Gasteiger partial charge is 0.466 e. The SMILES string of the molecule is CCOC(=O)CC(O)CNC(C)Cc1ccc(C)s1. The molecule has 0 aliphatic carbocycles. The lowest BCUT2D eigenvalue weighted by Crippen LogP contribution is -2.36. The topological polar surface area (TPSA) is 58.6 Å². The summed E-state index contributed by atoms with van der Waals surface area (Å²) >= 11 is 1.79. The number of carbonyl (C=O) groups excluding carboxylic acids is 1. The molecule has 1 rings (SSSR count). The molecule has 0 bridgehead atoms. The van der Waals surface area contributed by atoms with Crippen LogP contribution in [0.1, 0.15) is 30.0 Å². The summed E-state index contributed by atoms with van der Waals surface area (Å²) in [5.41, 5.74) is 0. The second kappa shape index (κ2) is 8.30. The quantitative estimate of drug-likeness (QED) is 0.716. The Morgan fingerprint density at radius 2 is 2.26 bits per heavy atom. The molecule has 19 heavy (non-hydrogen) atoms. The number of aryl methyl sites for hydroxylation is 1. The first-order valence-electron chi connectivity index (χ1n) is 6.63. The summed E-state index contributed by atoms with van der Waals surface area (Å²) in [5.74, 6) is -0.349. The van der Waals surface area contributed by atoms with E-state index in [0.717, 1.165) is 6.42 Å². The molecule has 0 aromatic carbocycles. The molecule has 1 heterocycles. The van der Waals surface area contributed by atoms with Crippen molar-refractivity contribution in [3.05, 3.63) is 21.9 Å². The van der Waals surface area contributed by atoms with Crippen molar-refractivity contribution in [3.8, 4) is 0 Å². The number of hydrogen-bond donors (Lipinski definition) is 2. The fourth-order valence-electron chi connectivity index (χ4n) is 1.79. The summed E-state index contributed by atoms with van der Waals surface area (Å²) in [6, 6.07) is 4.52. The summed E-state index contributed by atoms with van der Waals surface area (Å²) in [7, 11) is 0. The van der Waals surface area contributed by atoms with Gasteiger partial charge in [0.1, 0.15) is 0 Å². The van der Waals surface area contributed by atoms with Crippen molar-refractivity contribution in [1.82, 2.24) is 5.32 Å². The number of aliphatic hydroxyl groups is 1. The Morgan fingerprint density at radius 1 is 1.53 bits per heavy atom. The number of esters is 1. The predicted octanol–water partition coefficient (Wildman–Crippen LogP) is 1.89.